The minimum absolute atomic E-state index is 0.0893. The molecule has 1 aliphatic rings. The number of piperazine rings is 1. The van der Waals surface area contributed by atoms with Crippen LogP contribution >= 0.6 is 11.7 Å². The predicted molar refractivity (Wildman–Crippen MR) is 122 cm³/mol. The number of carbonyl (C=O) groups excluding carboxylic acids is 1. The van der Waals surface area contributed by atoms with Crippen LogP contribution in [0.15, 0.2) is 42.5 Å². The quantitative estimate of drug-likeness (QED) is 0.607. The molecule has 31 heavy (non-hydrogen) atoms. The average Bonchev–Trinajstić information content (AvgIpc) is 3.26. The summed E-state index contributed by atoms with van der Waals surface area (Å²) in [6, 6.07) is 13.3. The van der Waals surface area contributed by atoms with E-state index in [9.17, 15) is 4.79 Å². The Bertz CT molecular complexity index is 1030. The molecule has 2 amide bonds. The number of nitrogens with zero attached hydrogens (tertiary/aromatic N) is 5. The molecule has 162 valence electrons. The van der Waals surface area contributed by atoms with Gasteiger partial charge >= 0.3 is 6.03 Å². The number of amides is 2. The van der Waals surface area contributed by atoms with E-state index in [0.717, 1.165) is 29.5 Å². The molecular weight excluding hydrogens is 414 g/mol. The number of nitrogens with two attached hydrogens (primary N) is 1. The number of pyridine rings is 1. The van der Waals surface area contributed by atoms with Crippen molar-refractivity contribution in [3.63, 3.8) is 0 Å². The van der Waals surface area contributed by atoms with Gasteiger partial charge in [-0.1, -0.05) is 25.1 Å². The Morgan fingerprint density at radius 3 is 2.74 bits per heavy atom. The molecule has 1 saturated heterocycles. The zero-order valence-electron chi connectivity index (χ0n) is 17.3. The molecule has 3 aromatic rings. The zero-order valence-corrected chi connectivity index (χ0v) is 18.1. The molecule has 0 saturated carbocycles. The monoisotopic (exact) mass is 439 g/mol. The molecule has 10 heteroatoms. The van der Waals surface area contributed by atoms with Crippen molar-refractivity contribution in [1.82, 2.24) is 18.6 Å². The fourth-order valence-electron chi connectivity index (χ4n) is 3.37. The van der Waals surface area contributed by atoms with E-state index < -0.39 is 0 Å². The Hall–Kier alpha value is -3.40. The normalized spacial score (nSPS) is 13.8. The third kappa shape index (κ3) is 5.21. The maximum absolute atomic E-state index is 12.6. The van der Waals surface area contributed by atoms with Crippen molar-refractivity contribution in [3.8, 4) is 5.88 Å². The molecule has 0 bridgehead atoms. The standard InChI is InChI=1S/C21H25N7O2S/c1-2-15-5-3-6-16(13-15)24-21(29)28-11-9-27(10-12-28)19-20(26-31-25-19)30-14-17-7-4-8-18(22)23-17/h3-8,13H,2,9-12,14H2,1H3,(H2,22,23)(H,24,29). The Balaban J connectivity index is 1.31. The van der Waals surface area contributed by atoms with Gasteiger partial charge in [0.15, 0.2) is 0 Å². The number of benzene rings is 1. The SMILES string of the molecule is CCc1cccc(NC(=O)N2CCN(c3nsnc3OCc3cccc(N)n3)CC2)c1. The summed E-state index contributed by atoms with van der Waals surface area (Å²) in [7, 11) is 0. The molecule has 1 fully saturated rings. The Morgan fingerprint density at radius 1 is 1.16 bits per heavy atom. The van der Waals surface area contributed by atoms with E-state index in [0.29, 0.717) is 43.7 Å². The number of aromatic nitrogens is 3. The molecule has 3 N–H and O–H groups in total. The lowest BCUT2D eigenvalue weighted by molar-refractivity contribution is 0.208. The number of rotatable bonds is 6. The topological polar surface area (TPSA) is 110 Å². The van der Waals surface area contributed by atoms with E-state index in [1.807, 2.05) is 35.2 Å². The van der Waals surface area contributed by atoms with Crippen LogP contribution < -0.4 is 20.7 Å². The Morgan fingerprint density at radius 2 is 1.97 bits per heavy atom. The number of nitrogen functional groups attached to an aromatic ring is 1. The number of anilines is 3. The van der Waals surface area contributed by atoms with Crippen LogP contribution in [0, 0.1) is 0 Å². The summed E-state index contributed by atoms with van der Waals surface area (Å²) in [6.07, 6.45) is 0.933. The van der Waals surface area contributed by atoms with Gasteiger partial charge in [-0.3, -0.25) is 0 Å². The first-order chi connectivity index (χ1) is 15.1. The first kappa shape index (κ1) is 20.9. The summed E-state index contributed by atoms with van der Waals surface area (Å²) in [4.78, 5) is 20.8. The number of urea groups is 1. The highest BCUT2D eigenvalue weighted by Gasteiger charge is 2.25. The van der Waals surface area contributed by atoms with Gasteiger partial charge < -0.3 is 25.6 Å². The van der Waals surface area contributed by atoms with Crippen molar-refractivity contribution in [1.29, 1.82) is 0 Å². The molecule has 4 rings (SSSR count). The number of hydrogen-bond donors (Lipinski definition) is 2. The Labute approximate surface area is 185 Å². The molecule has 0 radical (unpaired) electrons. The fraction of sp³-hybridized carbons (Fsp3) is 0.333. The number of aryl methyl sites for hydroxylation is 1. The van der Waals surface area contributed by atoms with Gasteiger partial charge in [0.25, 0.3) is 5.88 Å². The second kappa shape index (κ2) is 9.61. The van der Waals surface area contributed by atoms with Gasteiger partial charge in [0.2, 0.25) is 5.82 Å². The lowest BCUT2D eigenvalue weighted by atomic mass is 10.1. The van der Waals surface area contributed by atoms with Gasteiger partial charge in [0, 0.05) is 31.9 Å². The first-order valence-corrected chi connectivity index (χ1v) is 10.9. The zero-order chi connectivity index (χ0) is 21.6. The second-order valence-electron chi connectivity index (χ2n) is 7.19. The molecule has 0 spiro atoms. The van der Waals surface area contributed by atoms with Crippen LogP contribution in [0.4, 0.5) is 22.1 Å². The summed E-state index contributed by atoms with van der Waals surface area (Å²) >= 11 is 1.11. The van der Waals surface area contributed by atoms with Gasteiger partial charge in [-0.15, -0.1) is 4.37 Å². The molecule has 0 atom stereocenters. The van der Waals surface area contributed by atoms with Crippen LogP contribution in [-0.4, -0.2) is 50.8 Å². The van der Waals surface area contributed by atoms with E-state index in [1.54, 1.807) is 6.07 Å². The molecule has 3 heterocycles. The van der Waals surface area contributed by atoms with Gasteiger partial charge in [0.05, 0.1) is 17.4 Å². The minimum Gasteiger partial charge on any atom is -0.468 e. The third-order valence-corrected chi connectivity index (χ3v) is 5.58. The summed E-state index contributed by atoms with van der Waals surface area (Å²) in [5, 5.41) is 2.99. The molecule has 9 nitrogen and oxygen atoms in total. The van der Waals surface area contributed by atoms with Crippen molar-refractivity contribution in [2.45, 2.75) is 20.0 Å². The van der Waals surface area contributed by atoms with Gasteiger partial charge in [0.1, 0.15) is 12.4 Å². The van der Waals surface area contributed by atoms with Gasteiger partial charge in [-0.2, -0.15) is 4.37 Å². The van der Waals surface area contributed by atoms with Crippen molar-refractivity contribution in [2.75, 3.05) is 42.1 Å². The van der Waals surface area contributed by atoms with Crippen LogP contribution in [-0.2, 0) is 13.0 Å². The maximum atomic E-state index is 12.6. The molecule has 1 aliphatic heterocycles. The highest BCUT2D eigenvalue weighted by atomic mass is 32.1. The number of ether oxygens (including phenoxy) is 1. The summed E-state index contributed by atoms with van der Waals surface area (Å²) < 4.78 is 14.5. The van der Waals surface area contributed by atoms with Gasteiger partial charge in [-0.05, 0) is 36.2 Å². The second-order valence-corrected chi connectivity index (χ2v) is 7.72. The lowest BCUT2D eigenvalue weighted by Crippen LogP contribution is -2.50. The predicted octanol–water partition coefficient (Wildman–Crippen LogP) is 3.01. The van der Waals surface area contributed by atoms with Crippen molar-refractivity contribution in [2.24, 2.45) is 0 Å². The van der Waals surface area contributed by atoms with E-state index in [4.69, 9.17) is 10.5 Å². The molecule has 2 aromatic heterocycles. The van der Waals surface area contributed by atoms with E-state index in [-0.39, 0.29) is 12.6 Å². The van der Waals surface area contributed by atoms with E-state index in [2.05, 4.69) is 36.9 Å². The first-order valence-electron chi connectivity index (χ1n) is 10.2. The molecule has 0 aliphatic carbocycles. The van der Waals surface area contributed by atoms with Crippen LogP contribution in [0.25, 0.3) is 0 Å². The fourth-order valence-corrected chi connectivity index (χ4v) is 3.89. The van der Waals surface area contributed by atoms with Gasteiger partial charge in [-0.25, -0.2) is 9.78 Å². The molecular formula is C21H25N7O2S. The van der Waals surface area contributed by atoms with Crippen molar-refractivity contribution in [3.05, 3.63) is 53.7 Å². The number of hydrogen-bond acceptors (Lipinski definition) is 8. The third-order valence-electron chi connectivity index (χ3n) is 5.08. The van der Waals surface area contributed by atoms with Crippen LogP contribution in [0.1, 0.15) is 18.2 Å². The molecule has 0 unspecified atom stereocenters. The van der Waals surface area contributed by atoms with E-state index in [1.165, 1.54) is 5.56 Å². The van der Waals surface area contributed by atoms with Crippen LogP contribution in [0.5, 0.6) is 5.88 Å². The number of nitrogens with one attached hydrogen (secondary N) is 1. The summed E-state index contributed by atoms with van der Waals surface area (Å²) in [5.41, 5.74) is 8.46. The van der Waals surface area contributed by atoms with Crippen molar-refractivity contribution < 1.29 is 9.53 Å². The minimum atomic E-state index is -0.0893. The maximum Gasteiger partial charge on any atom is 0.321 e. The van der Waals surface area contributed by atoms with Crippen LogP contribution in [0.3, 0.4) is 0 Å². The lowest BCUT2D eigenvalue weighted by Gasteiger charge is -2.34. The average molecular weight is 440 g/mol. The Kier molecular flexibility index (Phi) is 6.46. The summed E-state index contributed by atoms with van der Waals surface area (Å²) in [5.74, 6) is 1.63. The largest absolute Gasteiger partial charge is 0.468 e. The number of carbonyl (C=O) groups is 1. The molecule has 1 aromatic carbocycles. The smallest absolute Gasteiger partial charge is 0.321 e. The van der Waals surface area contributed by atoms with Crippen molar-refractivity contribution >= 4 is 35.1 Å². The highest BCUT2D eigenvalue weighted by Crippen LogP contribution is 2.27. The van der Waals surface area contributed by atoms with E-state index >= 15 is 0 Å². The summed E-state index contributed by atoms with van der Waals surface area (Å²) in [6.45, 7) is 4.85. The highest BCUT2D eigenvalue weighted by molar-refractivity contribution is 6.99. The van der Waals surface area contributed by atoms with Crippen LogP contribution in [0.2, 0.25) is 0 Å².